The van der Waals surface area contributed by atoms with Gasteiger partial charge in [0.1, 0.15) is 6.54 Å². The van der Waals surface area contributed by atoms with Gasteiger partial charge >= 0.3 is 12.0 Å². The molecule has 0 aliphatic heterocycles. The molecule has 100 valence electrons. The average molecular weight is 273 g/mol. The largest absolute Gasteiger partial charge is 0.480 e. The maximum absolute atomic E-state index is 11.8. The average Bonchev–Trinajstić information content (AvgIpc) is 2.69. The fourth-order valence-corrected chi connectivity index (χ4v) is 1.88. The lowest BCUT2D eigenvalue weighted by molar-refractivity contribution is -0.137. The maximum atomic E-state index is 11.8. The molecule has 7 nitrogen and oxygen atoms in total. The van der Waals surface area contributed by atoms with Crippen LogP contribution in [-0.2, 0) is 9.53 Å². The van der Waals surface area contributed by atoms with Crippen molar-refractivity contribution in [1.29, 1.82) is 0 Å². The third kappa shape index (κ3) is 4.68. The van der Waals surface area contributed by atoms with E-state index in [1.54, 1.807) is 5.38 Å². The quantitative estimate of drug-likeness (QED) is 0.807. The van der Waals surface area contributed by atoms with Gasteiger partial charge in [0, 0.05) is 19.0 Å². The Morgan fingerprint density at radius 3 is 2.83 bits per heavy atom. The zero-order valence-corrected chi connectivity index (χ0v) is 11.0. The first-order chi connectivity index (χ1) is 8.52. The lowest BCUT2D eigenvalue weighted by Crippen LogP contribution is -2.40. The molecule has 1 aromatic rings. The molecule has 0 bridgehead atoms. The Labute approximate surface area is 108 Å². The van der Waals surface area contributed by atoms with E-state index in [1.807, 2.05) is 6.92 Å². The summed E-state index contributed by atoms with van der Waals surface area (Å²) in [6, 6.07) is -0.496. The third-order valence-electron chi connectivity index (χ3n) is 2.01. The summed E-state index contributed by atoms with van der Waals surface area (Å²) < 4.78 is 4.83. The summed E-state index contributed by atoms with van der Waals surface area (Å²) in [5.41, 5.74) is 0.803. The van der Waals surface area contributed by atoms with Crippen LogP contribution in [0.1, 0.15) is 5.69 Å². The van der Waals surface area contributed by atoms with Gasteiger partial charge in [-0.05, 0) is 6.92 Å². The minimum absolute atomic E-state index is 0.207. The molecule has 0 fully saturated rings. The van der Waals surface area contributed by atoms with Gasteiger partial charge in [-0.25, -0.2) is 9.78 Å². The van der Waals surface area contributed by atoms with Crippen LogP contribution < -0.4 is 5.32 Å². The standard InChI is InChI=1S/C10H15N3O4S/c1-7-6-18-9(11-7)12-10(16)13(3-4-17-2)5-8(14)15/h6H,3-5H2,1-2H3,(H,14,15)(H,11,12,16). The normalized spacial score (nSPS) is 10.1. The number of aryl methyl sites for hydroxylation is 1. The highest BCUT2D eigenvalue weighted by Gasteiger charge is 2.17. The van der Waals surface area contributed by atoms with Gasteiger partial charge < -0.3 is 14.7 Å². The van der Waals surface area contributed by atoms with Crippen LogP contribution in [0.15, 0.2) is 5.38 Å². The smallest absolute Gasteiger partial charge is 0.324 e. The second kappa shape index (κ2) is 6.92. The first kappa shape index (κ1) is 14.4. The van der Waals surface area contributed by atoms with Gasteiger partial charge in [0.15, 0.2) is 5.13 Å². The van der Waals surface area contributed by atoms with Gasteiger partial charge in [0.25, 0.3) is 0 Å². The van der Waals surface area contributed by atoms with E-state index in [0.29, 0.717) is 5.13 Å². The molecule has 8 heteroatoms. The van der Waals surface area contributed by atoms with Crippen molar-refractivity contribution in [3.8, 4) is 0 Å². The number of rotatable bonds is 6. The number of nitrogens with one attached hydrogen (secondary N) is 1. The molecule has 0 radical (unpaired) electrons. The number of carboxylic acids is 1. The molecule has 0 aromatic carbocycles. The van der Waals surface area contributed by atoms with Gasteiger partial charge in [-0.2, -0.15) is 0 Å². The van der Waals surface area contributed by atoms with Gasteiger partial charge in [-0.3, -0.25) is 10.1 Å². The van der Waals surface area contributed by atoms with Crippen LogP contribution in [0.2, 0.25) is 0 Å². The van der Waals surface area contributed by atoms with Crippen molar-refractivity contribution in [2.75, 3.05) is 32.1 Å². The Morgan fingerprint density at radius 2 is 2.33 bits per heavy atom. The van der Waals surface area contributed by atoms with Gasteiger partial charge in [-0.15, -0.1) is 11.3 Å². The molecular formula is C10H15N3O4S. The number of ether oxygens (including phenoxy) is 1. The summed E-state index contributed by atoms with van der Waals surface area (Å²) in [4.78, 5) is 27.7. The van der Waals surface area contributed by atoms with E-state index in [9.17, 15) is 9.59 Å². The van der Waals surface area contributed by atoms with Crippen molar-refractivity contribution in [2.24, 2.45) is 0 Å². The highest BCUT2D eigenvalue weighted by atomic mass is 32.1. The summed E-state index contributed by atoms with van der Waals surface area (Å²) in [7, 11) is 1.49. The van der Waals surface area contributed by atoms with Crippen LogP contribution >= 0.6 is 11.3 Å². The zero-order chi connectivity index (χ0) is 13.5. The van der Waals surface area contributed by atoms with E-state index in [-0.39, 0.29) is 19.7 Å². The van der Waals surface area contributed by atoms with E-state index in [1.165, 1.54) is 18.4 Å². The highest BCUT2D eigenvalue weighted by molar-refractivity contribution is 7.13. The number of thiazole rings is 1. The van der Waals surface area contributed by atoms with Gasteiger partial charge in [0.2, 0.25) is 0 Å². The van der Waals surface area contributed by atoms with E-state index < -0.39 is 12.0 Å². The number of amides is 2. The maximum Gasteiger partial charge on any atom is 0.324 e. The summed E-state index contributed by atoms with van der Waals surface area (Å²) in [5, 5.41) is 13.5. The number of carboxylic acid groups (broad SMARTS) is 1. The lowest BCUT2D eigenvalue weighted by Gasteiger charge is -2.19. The van der Waals surface area contributed by atoms with E-state index in [2.05, 4.69) is 10.3 Å². The summed E-state index contributed by atoms with van der Waals surface area (Å²) in [5.74, 6) is -1.07. The first-order valence-electron chi connectivity index (χ1n) is 5.21. The van der Waals surface area contributed by atoms with Crippen molar-refractivity contribution in [2.45, 2.75) is 6.92 Å². The Hall–Kier alpha value is -1.67. The van der Waals surface area contributed by atoms with Gasteiger partial charge in [-0.1, -0.05) is 0 Å². The van der Waals surface area contributed by atoms with Crippen molar-refractivity contribution in [3.63, 3.8) is 0 Å². The fourth-order valence-electron chi connectivity index (χ4n) is 1.20. The van der Waals surface area contributed by atoms with Crippen LogP contribution in [-0.4, -0.2) is 53.8 Å². The molecule has 1 aromatic heterocycles. The van der Waals surface area contributed by atoms with Crippen molar-refractivity contribution >= 4 is 28.5 Å². The van der Waals surface area contributed by atoms with Crippen molar-refractivity contribution in [3.05, 3.63) is 11.1 Å². The van der Waals surface area contributed by atoms with Crippen molar-refractivity contribution < 1.29 is 19.4 Å². The van der Waals surface area contributed by atoms with Crippen LogP contribution in [0.4, 0.5) is 9.93 Å². The van der Waals surface area contributed by atoms with E-state index in [4.69, 9.17) is 9.84 Å². The molecule has 2 amide bonds. The number of aliphatic carboxylic acids is 1. The minimum Gasteiger partial charge on any atom is -0.480 e. The SMILES string of the molecule is COCCN(CC(=O)O)C(=O)Nc1nc(C)cs1. The molecule has 1 rings (SSSR count). The monoisotopic (exact) mass is 273 g/mol. The predicted octanol–water partition coefficient (Wildman–Crippen LogP) is 1.02. The molecule has 0 spiro atoms. The summed E-state index contributed by atoms with van der Waals surface area (Å²) >= 11 is 1.29. The number of urea groups is 1. The zero-order valence-electron chi connectivity index (χ0n) is 10.2. The van der Waals surface area contributed by atoms with Crippen LogP contribution in [0, 0.1) is 6.92 Å². The molecule has 0 saturated heterocycles. The van der Waals surface area contributed by atoms with Crippen molar-refractivity contribution in [1.82, 2.24) is 9.88 Å². The number of hydrogen-bond donors (Lipinski definition) is 2. The number of anilines is 1. The Morgan fingerprint density at radius 1 is 1.61 bits per heavy atom. The molecule has 0 unspecified atom stereocenters. The molecule has 0 saturated carbocycles. The molecule has 18 heavy (non-hydrogen) atoms. The topological polar surface area (TPSA) is 91.8 Å². The molecule has 0 aliphatic rings. The van der Waals surface area contributed by atoms with E-state index >= 15 is 0 Å². The number of methoxy groups -OCH3 is 1. The molecule has 0 atom stereocenters. The number of hydrogen-bond acceptors (Lipinski definition) is 5. The highest BCUT2D eigenvalue weighted by Crippen LogP contribution is 2.14. The third-order valence-corrected chi connectivity index (χ3v) is 2.89. The first-order valence-corrected chi connectivity index (χ1v) is 6.09. The number of nitrogens with zero attached hydrogens (tertiary/aromatic N) is 2. The molecular weight excluding hydrogens is 258 g/mol. The Kier molecular flexibility index (Phi) is 5.53. The van der Waals surface area contributed by atoms with Crippen LogP contribution in [0.25, 0.3) is 0 Å². The van der Waals surface area contributed by atoms with Crippen LogP contribution in [0.3, 0.4) is 0 Å². The molecule has 1 heterocycles. The lowest BCUT2D eigenvalue weighted by atomic mass is 10.5. The molecule has 2 N–H and O–H groups in total. The Bertz CT molecular complexity index is 421. The fraction of sp³-hybridized carbons (Fsp3) is 0.500. The number of carbonyl (C=O) groups is 2. The van der Waals surface area contributed by atoms with Gasteiger partial charge in [0.05, 0.1) is 12.3 Å². The van der Waals surface area contributed by atoms with E-state index in [0.717, 1.165) is 10.6 Å². The minimum atomic E-state index is -1.07. The van der Waals surface area contributed by atoms with Crippen LogP contribution in [0.5, 0.6) is 0 Å². The Balaban J connectivity index is 2.60. The second-order valence-electron chi connectivity index (χ2n) is 3.53. The summed E-state index contributed by atoms with van der Waals surface area (Å²) in [6.07, 6.45) is 0. The second-order valence-corrected chi connectivity index (χ2v) is 4.39. The summed E-state index contributed by atoms with van der Waals surface area (Å²) in [6.45, 7) is 1.92. The molecule has 0 aliphatic carbocycles. The predicted molar refractivity (Wildman–Crippen MR) is 67.0 cm³/mol. The number of carbonyl (C=O) groups excluding carboxylic acids is 1. The number of aromatic nitrogens is 1.